The maximum absolute atomic E-state index is 4.75. The van der Waals surface area contributed by atoms with Crippen LogP contribution in [0.5, 0.6) is 0 Å². The van der Waals surface area contributed by atoms with Crippen LogP contribution in [0.1, 0.15) is 94.2 Å². The van der Waals surface area contributed by atoms with Crippen molar-refractivity contribution in [2.45, 2.75) is 95.2 Å². The Morgan fingerprint density at radius 3 is 2.12 bits per heavy atom. The summed E-state index contributed by atoms with van der Waals surface area (Å²) in [7, 11) is 0. The first kappa shape index (κ1) is 17.2. The topological polar surface area (TPSA) is 37.2 Å². The molecular weight excluding hydrogens is 322 g/mol. The lowest BCUT2D eigenvalue weighted by molar-refractivity contribution is 0.120. The van der Waals surface area contributed by atoms with Gasteiger partial charge in [-0.25, -0.2) is 0 Å². The summed E-state index contributed by atoms with van der Waals surface area (Å²) in [5.41, 5.74) is 0. The molecule has 0 amide bonds. The van der Waals surface area contributed by atoms with E-state index in [9.17, 15) is 0 Å². The van der Waals surface area contributed by atoms with Gasteiger partial charge in [0.25, 0.3) is 0 Å². The lowest BCUT2D eigenvalue weighted by Gasteiger charge is -2.39. The van der Waals surface area contributed by atoms with Crippen molar-refractivity contribution < 1.29 is 0 Å². The number of hydrogen-bond acceptors (Lipinski definition) is 4. The first-order valence-electron chi connectivity index (χ1n) is 11.3. The van der Waals surface area contributed by atoms with Crippen molar-refractivity contribution in [2.75, 3.05) is 26.2 Å². The molecule has 0 spiro atoms. The smallest absolute Gasteiger partial charge is 0.147 e. The summed E-state index contributed by atoms with van der Waals surface area (Å²) in [5.74, 6) is 3.21. The standard InChI is InChI=1S/C21H35N5/c1-2-6-18(7-3-1)25-14-10-17(11-15-25)21-23-22-20(26(21)19-8-9-19)16-24-12-4-5-13-24/h17-19H,1-16H2. The van der Waals surface area contributed by atoms with Crippen LogP contribution in [-0.2, 0) is 6.54 Å². The van der Waals surface area contributed by atoms with E-state index in [-0.39, 0.29) is 0 Å². The second kappa shape index (κ2) is 7.59. The maximum atomic E-state index is 4.75. The lowest BCUT2D eigenvalue weighted by atomic mass is 9.90. The molecule has 26 heavy (non-hydrogen) atoms. The minimum atomic E-state index is 0.635. The molecular formula is C21H35N5. The first-order valence-corrected chi connectivity index (χ1v) is 11.3. The highest BCUT2D eigenvalue weighted by molar-refractivity contribution is 5.09. The summed E-state index contributed by atoms with van der Waals surface area (Å²) in [5, 5.41) is 9.43. The molecule has 2 aliphatic heterocycles. The van der Waals surface area contributed by atoms with E-state index in [1.165, 1.54) is 108 Å². The summed E-state index contributed by atoms with van der Waals surface area (Å²) >= 11 is 0. The van der Waals surface area contributed by atoms with Gasteiger partial charge in [-0.1, -0.05) is 19.3 Å². The molecule has 2 aliphatic carbocycles. The monoisotopic (exact) mass is 357 g/mol. The molecule has 2 saturated carbocycles. The predicted octanol–water partition coefficient (Wildman–Crippen LogP) is 3.72. The Kier molecular flexibility index (Phi) is 5.01. The van der Waals surface area contributed by atoms with Crippen molar-refractivity contribution in [2.24, 2.45) is 0 Å². The molecule has 4 aliphatic rings. The van der Waals surface area contributed by atoms with E-state index < -0.39 is 0 Å². The van der Waals surface area contributed by atoms with Gasteiger partial charge in [-0.2, -0.15) is 0 Å². The molecule has 5 nitrogen and oxygen atoms in total. The van der Waals surface area contributed by atoms with Crippen molar-refractivity contribution >= 4 is 0 Å². The van der Waals surface area contributed by atoms with E-state index in [1.54, 1.807) is 0 Å². The highest BCUT2D eigenvalue weighted by Gasteiger charge is 2.35. The molecule has 1 aromatic rings. The molecule has 0 unspecified atom stereocenters. The van der Waals surface area contributed by atoms with Crippen LogP contribution in [0, 0.1) is 0 Å². The average molecular weight is 358 g/mol. The highest BCUT2D eigenvalue weighted by atomic mass is 15.3. The van der Waals surface area contributed by atoms with Gasteiger partial charge in [0.05, 0.1) is 6.54 Å². The molecule has 0 aromatic carbocycles. The van der Waals surface area contributed by atoms with E-state index in [0.717, 1.165) is 12.6 Å². The summed E-state index contributed by atoms with van der Waals surface area (Å²) in [4.78, 5) is 5.36. The Hall–Kier alpha value is -0.940. The molecule has 144 valence electrons. The van der Waals surface area contributed by atoms with Gasteiger partial charge in [-0.15, -0.1) is 10.2 Å². The number of hydrogen-bond donors (Lipinski definition) is 0. The quantitative estimate of drug-likeness (QED) is 0.805. The van der Waals surface area contributed by atoms with Crippen molar-refractivity contribution in [3.05, 3.63) is 11.6 Å². The maximum Gasteiger partial charge on any atom is 0.147 e. The van der Waals surface area contributed by atoms with Crippen LogP contribution in [0.3, 0.4) is 0 Å². The minimum absolute atomic E-state index is 0.635. The molecule has 1 aromatic heterocycles. The van der Waals surface area contributed by atoms with Gasteiger partial charge < -0.3 is 9.47 Å². The Bertz CT molecular complexity index is 588. The van der Waals surface area contributed by atoms with Crippen molar-refractivity contribution in [1.82, 2.24) is 24.6 Å². The SMILES string of the molecule is C1CCC(N2CCC(c3nnc(CN4CCCC4)n3C3CC3)CC2)CC1. The zero-order chi connectivity index (χ0) is 17.3. The molecule has 4 fully saturated rings. The summed E-state index contributed by atoms with van der Waals surface area (Å²) < 4.78 is 2.57. The average Bonchev–Trinajstić information content (AvgIpc) is 3.24. The molecule has 5 heteroatoms. The molecule has 2 saturated heterocycles. The summed E-state index contributed by atoms with van der Waals surface area (Å²) in [6.45, 7) is 6.05. The van der Waals surface area contributed by atoms with Crippen molar-refractivity contribution in [3.63, 3.8) is 0 Å². The van der Waals surface area contributed by atoms with Crippen LogP contribution in [0.15, 0.2) is 0 Å². The minimum Gasteiger partial charge on any atom is -0.311 e. The fraction of sp³-hybridized carbons (Fsp3) is 0.905. The van der Waals surface area contributed by atoms with Gasteiger partial charge in [-0.05, 0) is 77.5 Å². The van der Waals surface area contributed by atoms with Crippen LogP contribution >= 0.6 is 0 Å². The lowest BCUT2D eigenvalue weighted by Crippen LogP contribution is -2.42. The fourth-order valence-electron chi connectivity index (χ4n) is 5.56. The van der Waals surface area contributed by atoms with Crippen LogP contribution in [-0.4, -0.2) is 56.8 Å². The van der Waals surface area contributed by atoms with Gasteiger partial charge in [-0.3, -0.25) is 4.90 Å². The Morgan fingerprint density at radius 1 is 0.692 bits per heavy atom. The zero-order valence-corrected chi connectivity index (χ0v) is 16.3. The van der Waals surface area contributed by atoms with Crippen molar-refractivity contribution in [3.8, 4) is 0 Å². The Balaban J connectivity index is 1.26. The van der Waals surface area contributed by atoms with Gasteiger partial charge in [0, 0.05) is 18.0 Å². The van der Waals surface area contributed by atoms with E-state index >= 15 is 0 Å². The molecule has 0 radical (unpaired) electrons. The Morgan fingerprint density at radius 2 is 1.42 bits per heavy atom. The van der Waals surface area contributed by atoms with Crippen LogP contribution in [0.2, 0.25) is 0 Å². The normalized spacial score (nSPS) is 27.4. The third-order valence-corrected chi connectivity index (χ3v) is 7.25. The Labute approximate surface area is 158 Å². The van der Waals surface area contributed by atoms with Gasteiger partial charge in [0.1, 0.15) is 11.6 Å². The molecule has 0 bridgehead atoms. The van der Waals surface area contributed by atoms with Crippen LogP contribution in [0.4, 0.5) is 0 Å². The molecule has 0 atom stereocenters. The molecule has 3 heterocycles. The molecule has 0 N–H and O–H groups in total. The highest BCUT2D eigenvalue weighted by Crippen LogP contribution is 2.40. The van der Waals surface area contributed by atoms with Gasteiger partial charge >= 0.3 is 0 Å². The van der Waals surface area contributed by atoms with E-state index in [0.29, 0.717) is 12.0 Å². The van der Waals surface area contributed by atoms with Crippen molar-refractivity contribution in [1.29, 1.82) is 0 Å². The van der Waals surface area contributed by atoms with Crippen LogP contribution in [0.25, 0.3) is 0 Å². The second-order valence-electron chi connectivity index (χ2n) is 9.16. The van der Waals surface area contributed by atoms with E-state index in [1.807, 2.05) is 0 Å². The number of aromatic nitrogens is 3. The summed E-state index contributed by atoms with van der Waals surface area (Å²) in [6.07, 6.45) is 15.1. The summed E-state index contributed by atoms with van der Waals surface area (Å²) in [6, 6.07) is 1.57. The first-order chi connectivity index (χ1) is 12.9. The van der Waals surface area contributed by atoms with E-state index in [4.69, 9.17) is 5.10 Å². The predicted molar refractivity (Wildman–Crippen MR) is 103 cm³/mol. The largest absolute Gasteiger partial charge is 0.311 e. The molecule has 5 rings (SSSR count). The fourth-order valence-corrected chi connectivity index (χ4v) is 5.56. The number of likely N-dealkylation sites (tertiary alicyclic amines) is 2. The van der Waals surface area contributed by atoms with Gasteiger partial charge in [0.2, 0.25) is 0 Å². The number of piperidine rings is 1. The van der Waals surface area contributed by atoms with E-state index in [2.05, 4.69) is 19.5 Å². The number of nitrogens with zero attached hydrogens (tertiary/aromatic N) is 5. The van der Waals surface area contributed by atoms with Crippen LogP contribution < -0.4 is 0 Å². The number of rotatable bonds is 5. The van der Waals surface area contributed by atoms with Gasteiger partial charge in [0.15, 0.2) is 0 Å². The third-order valence-electron chi connectivity index (χ3n) is 7.25. The third kappa shape index (κ3) is 3.57. The zero-order valence-electron chi connectivity index (χ0n) is 16.3. The second-order valence-corrected chi connectivity index (χ2v) is 9.16.